The highest BCUT2D eigenvalue weighted by Gasteiger charge is 2.00. The molecule has 0 amide bonds. The van der Waals surface area contributed by atoms with Crippen molar-refractivity contribution >= 4 is 0 Å². The summed E-state index contributed by atoms with van der Waals surface area (Å²) >= 11 is 0. The first-order chi connectivity index (χ1) is 5.65. The van der Waals surface area contributed by atoms with Crippen molar-refractivity contribution in [2.24, 2.45) is 0 Å². The summed E-state index contributed by atoms with van der Waals surface area (Å²) in [5, 5.41) is 0. The number of rotatable bonds is 2. The highest BCUT2D eigenvalue weighted by molar-refractivity contribution is 5.35. The molecule has 0 aliphatic rings. The Balaban J connectivity index is 3.05. The monoisotopic (exact) mass is 164 g/mol. The molecule has 1 nitrogen and oxygen atoms in total. The molecule has 0 heterocycles. The average molecular weight is 164 g/mol. The first kappa shape index (κ1) is 9.27. The van der Waals surface area contributed by atoms with Gasteiger partial charge in [-0.2, -0.15) is 0 Å². The van der Waals surface area contributed by atoms with E-state index < -0.39 is 0 Å². The summed E-state index contributed by atoms with van der Waals surface area (Å²) in [5.41, 5.74) is 5.31. The zero-order chi connectivity index (χ0) is 9.14. The fourth-order valence-electron chi connectivity index (χ4n) is 1.33. The molecule has 0 aromatic heterocycles. The second-order valence-electron chi connectivity index (χ2n) is 3.30. The van der Waals surface area contributed by atoms with E-state index in [1.165, 1.54) is 22.3 Å². The molecule has 1 aromatic carbocycles. The lowest BCUT2D eigenvalue weighted by Gasteiger charge is -2.08. The van der Waals surface area contributed by atoms with Crippen molar-refractivity contribution in [3.05, 3.63) is 34.4 Å². The van der Waals surface area contributed by atoms with Crippen LogP contribution in [0.15, 0.2) is 12.1 Å². The van der Waals surface area contributed by atoms with Crippen LogP contribution in [0, 0.1) is 20.8 Å². The summed E-state index contributed by atoms with van der Waals surface area (Å²) < 4.78 is 5.10. The molecule has 0 bridgehead atoms. The molecule has 12 heavy (non-hydrogen) atoms. The predicted octanol–water partition coefficient (Wildman–Crippen LogP) is 2.76. The lowest BCUT2D eigenvalue weighted by molar-refractivity contribution is 0.184. The molecule has 1 rings (SSSR count). The Hall–Kier alpha value is -0.820. The number of hydrogen-bond acceptors (Lipinski definition) is 1. The van der Waals surface area contributed by atoms with E-state index in [1.807, 2.05) is 0 Å². The zero-order valence-corrected chi connectivity index (χ0v) is 8.27. The summed E-state index contributed by atoms with van der Waals surface area (Å²) in [6.45, 7) is 7.11. The van der Waals surface area contributed by atoms with E-state index in [0.29, 0.717) is 6.61 Å². The van der Waals surface area contributed by atoms with Gasteiger partial charge in [-0.05, 0) is 43.0 Å². The largest absolute Gasteiger partial charge is 0.380 e. The van der Waals surface area contributed by atoms with Crippen LogP contribution >= 0.6 is 0 Å². The van der Waals surface area contributed by atoms with Gasteiger partial charge in [0.15, 0.2) is 0 Å². The molecule has 0 spiro atoms. The molecular weight excluding hydrogens is 148 g/mol. The quantitative estimate of drug-likeness (QED) is 0.653. The van der Waals surface area contributed by atoms with E-state index >= 15 is 0 Å². The van der Waals surface area contributed by atoms with Crippen LogP contribution in [-0.2, 0) is 11.3 Å². The van der Waals surface area contributed by atoms with Crippen molar-refractivity contribution in [3.8, 4) is 0 Å². The van der Waals surface area contributed by atoms with Gasteiger partial charge < -0.3 is 4.74 Å². The maximum atomic E-state index is 5.10. The fourth-order valence-corrected chi connectivity index (χ4v) is 1.33. The predicted molar refractivity (Wildman–Crippen MR) is 51.4 cm³/mol. The van der Waals surface area contributed by atoms with E-state index in [0.717, 1.165) is 0 Å². The maximum absolute atomic E-state index is 5.10. The van der Waals surface area contributed by atoms with Crippen LogP contribution in [0.5, 0.6) is 0 Å². The third-order valence-electron chi connectivity index (χ3n) is 2.25. The lowest BCUT2D eigenvalue weighted by Crippen LogP contribution is -1.94. The second kappa shape index (κ2) is 3.72. The minimum absolute atomic E-state index is 0.715. The van der Waals surface area contributed by atoms with Gasteiger partial charge in [-0.1, -0.05) is 12.1 Å². The maximum Gasteiger partial charge on any atom is 0.0715 e. The topological polar surface area (TPSA) is 9.23 Å². The third kappa shape index (κ3) is 1.86. The van der Waals surface area contributed by atoms with E-state index in [-0.39, 0.29) is 0 Å². The SMILES string of the molecule is COCc1cc(C)c(C)cc1C. The molecule has 0 aliphatic carbocycles. The Labute approximate surface area is 74.4 Å². The highest BCUT2D eigenvalue weighted by Crippen LogP contribution is 2.15. The Kier molecular flexibility index (Phi) is 2.88. The molecule has 0 N–H and O–H groups in total. The normalized spacial score (nSPS) is 10.3. The van der Waals surface area contributed by atoms with Gasteiger partial charge in [-0.3, -0.25) is 0 Å². The summed E-state index contributed by atoms with van der Waals surface area (Å²) in [6, 6.07) is 4.41. The van der Waals surface area contributed by atoms with Gasteiger partial charge in [0.2, 0.25) is 0 Å². The summed E-state index contributed by atoms with van der Waals surface area (Å²) in [4.78, 5) is 0. The number of hydrogen-bond donors (Lipinski definition) is 0. The average Bonchev–Trinajstić information content (AvgIpc) is 2.01. The third-order valence-corrected chi connectivity index (χ3v) is 2.25. The van der Waals surface area contributed by atoms with E-state index in [4.69, 9.17) is 4.74 Å². The van der Waals surface area contributed by atoms with Crippen molar-refractivity contribution in [1.82, 2.24) is 0 Å². The fraction of sp³-hybridized carbons (Fsp3) is 0.455. The number of benzene rings is 1. The van der Waals surface area contributed by atoms with Gasteiger partial charge in [0.25, 0.3) is 0 Å². The van der Waals surface area contributed by atoms with Crippen molar-refractivity contribution in [3.63, 3.8) is 0 Å². The van der Waals surface area contributed by atoms with Gasteiger partial charge in [0, 0.05) is 7.11 Å². The molecule has 66 valence electrons. The Morgan fingerprint density at radius 2 is 1.58 bits per heavy atom. The van der Waals surface area contributed by atoms with Crippen LogP contribution in [0.1, 0.15) is 22.3 Å². The van der Waals surface area contributed by atoms with E-state index in [2.05, 4.69) is 32.9 Å². The van der Waals surface area contributed by atoms with Crippen LogP contribution in [0.4, 0.5) is 0 Å². The summed E-state index contributed by atoms with van der Waals surface area (Å²) in [7, 11) is 1.73. The van der Waals surface area contributed by atoms with Gasteiger partial charge in [0.1, 0.15) is 0 Å². The van der Waals surface area contributed by atoms with Crippen LogP contribution in [-0.4, -0.2) is 7.11 Å². The van der Waals surface area contributed by atoms with Crippen molar-refractivity contribution in [1.29, 1.82) is 0 Å². The lowest BCUT2D eigenvalue weighted by atomic mass is 10.0. The summed E-state index contributed by atoms with van der Waals surface area (Å²) in [6.07, 6.45) is 0. The summed E-state index contributed by atoms with van der Waals surface area (Å²) in [5.74, 6) is 0. The number of aryl methyl sites for hydroxylation is 3. The molecule has 0 saturated heterocycles. The molecule has 0 unspecified atom stereocenters. The minimum Gasteiger partial charge on any atom is -0.380 e. The molecule has 0 saturated carbocycles. The van der Waals surface area contributed by atoms with Crippen molar-refractivity contribution in [2.75, 3.05) is 7.11 Å². The molecule has 0 radical (unpaired) electrons. The zero-order valence-electron chi connectivity index (χ0n) is 8.27. The second-order valence-corrected chi connectivity index (χ2v) is 3.30. The first-order valence-electron chi connectivity index (χ1n) is 4.21. The van der Waals surface area contributed by atoms with Gasteiger partial charge in [-0.15, -0.1) is 0 Å². The van der Waals surface area contributed by atoms with Gasteiger partial charge in [-0.25, -0.2) is 0 Å². The molecule has 0 atom stereocenters. The minimum atomic E-state index is 0.715. The van der Waals surface area contributed by atoms with E-state index in [1.54, 1.807) is 7.11 Å². The number of ether oxygens (including phenoxy) is 1. The smallest absolute Gasteiger partial charge is 0.0715 e. The number of methoxy groups -OCH3 is 1. The molecule has 1 aromatic rings. The van der Waals surface area contributed by atoms with Crippen LogP contribution < -0.4 is 0 Å². The molecule has 0 aliphatic heterocycles. The van der Waals surface area contributed by atoms with Gasteiger partial charge >= 0.3 is 0 Å². The van der Waals surface area contributed by atoms with E-state index in [9.17, 15) is 0 Å². The Morgan fingerprint density at radius 3 is 2.17 bits per heavy atom. The Bertz CT molecular complexity index is 277. The first-order valence-corrected chi connectivity index (χ1v) is 4.21. The van der Waals surface area contributed by atoms with Crippen LogP contribution in [0.3, 0.4) is 0 Å². The highest BCUT2D eigenvalue weighted by atomic mass is 16.5. The van der Waals surface area contributed by atoms with Crippen LogP contribution in [0.2, 0.25) is 0 Å². The van der Waals surface area contributed by atoms with Crippen molar-refractivity contribution in [2.45, 2.75) is 27.4 Å². The standard InChI is InChI=1S/C11H16O/c1-8-5-10(3)11(7-12-4)6-9(8)2/h5-6H,7H2,1-4H3. The Morgan fingerprint density at radius 1 is 1.00 bits per heavy atom. The molecule has 0 fully saturated rings. The molecule has 1 heteroatoms. The van der Waals surface area contributed by atoms with Crippen molar-refractivity contribution < 1.29 is 4.74 Å². The molecular formula is C11H16O. The van der Waals surface area contributed by atoms with Gasteiger partial charge in [0.05, 0.1) is 6.61 Å². The van der Waals surface area contributed by atoms with Crippen LogP contribution in [0.25, 0.3) is 0 Å².